The Labute approximate surface area is 151 Å². The zero-order valence-corrected chi connectivity index (χ0v) is 15.2. The van der Waals surface area contributed by atoms with Crippen LogP contribution >= 0.6 is 0 Å². The summed E-state index contributed by atoms with van der Waals surface area (Å²) in [5.74, 6) is -0.115. The molecule has 0 bridgehead atoms. The summed E-state index contributed by atoms with van der Waals surface area (Å²) in [6.45, 7) is 5.48. The van der Waals surface area contributed by atoms with Gasteiger partial charge in [0.15, 0.2) is 0 Å². The lowest BCUT2D eigenvalue weighted by Crippen LogP contribution is -2.12. The number of aryl methyl sites for hydroxylation is 1. The molecule has 2 aliphatic rings. The molecule has 1 aliphatic carbocycles. The molecular formula is C19H18O6S. The number of fused-ring (bicyclic) bond motifs is 1. The van der Waals surface area contributed by atoms with Crippen molar-refractivity contribution in [3.8, 4) is 0 Å². The van der Waals surface area contributed by atoms with E-state index in [1.54, 1.807) is 18.2 Å². The van der Waals surface area contributed by atoms with Crippen LogP contribution in [0.15, 0.2) is 58.9 Å². The van der Waals surface area contributed by atoms with Gasteiger partial charge in [-0.1, -0.05) is 23.8 Å². The molecule has 0 aromatic heterocycles. The topological polar surface area (TPSA) is 89.9 Å². The predicted octanol–water partition coefficient (Wildman–Crippen LogP) is 3.10. The average Bonchev–Trinajstić information content (AvgIpc) is 2.92. The van der Waals surface area contributed by atoms with E-state index < -0.39 is 16.1 Å². The average molecular weight is 374 g/mol. The van der Waals surface area contributed by atoms with Gasteiger partial charge in [-0.25, -0.2) is 4.79 Å². The van der Waals surface area contributed by atoms with Gasteiger partial charge < -0.3 is 9.47 Å². The van der Waals surface area contributed by atoms with Crippen LogP contribution in [0.25, 0.3) is 5.57 Å². The number of rotatable bonds is 5. The quantitative estimate of drug-likeness (QED) is 0.484. The van der Waals surface area contributed by atoms with E-state index in [0.29, 0.717) is 33.6 Å². The number of methoxy groups -OCH3 is 1. The van der Waals surface area contributed by atoms with E-state index in [4.69, 9.17) is 9.47 Å². The highest BCUT2D eigenvalue weighted by atomic mass is 32.2. The van der Waals surface area contributed by atoms with Gasteiger partial charge in [-0.3, -0.25) is 4.55 Å². The minimum atomic E-state index is -4.49. The van der Waals surface area contributed by atoms with Crippen molar-refractivity contribution in [2.24, 2.45) is 0 Å². The molecule has 0 radical (unpaired) electrons. The van der Waals surface area contributed by atoms with Gasteiger partial charge >= 0.3 is 5.97 Å². The normalized spacial score (nSPS) is 16.7. The number of allylic oxidation sites excluding steroid dienone is 3. The van der Waals surface area contributed by atoms with E-state index in [9.17, 15) is 17.8 Å². The molecule has 0 saturated heterocycles. The van der Waals surface area contributed by atoms with Crippen LogP contribution in [0.2, 0.25) is 0 Å². The Kier molecular flexibility index (Phi) is 4.60. The Morgan fingerprint density at radius 3 is 2.73 bits per heavy atom. The molecule has 1 aromatic rings. The first kappa shape index (κ1) is 18.2. The van der Waals surface area contributed by atoms with Crippen molar-refractivity contribution < 1.29 is 27.2 Å². The third-order valence-electron chi connectivity index (χ3n) is 4.29. The van der Waals surface area contributed by atoms with Crippen molar-refractivity contribution >= 4 is 21.7 Å². The molecule has 0 atom stereocenters. The van der Waals surface area contributed by atoms with Crippen LogP contribution in [0.3, 0.4) is 0 Å². The zero-order valence-electron chi connectivity index (χ0n) is 14.4. The van der Waals surface area contributed by atoms with Gasteiger partial charge in [0.2, 0.25) is 0 Å². The van der Waals surface area contributed by atoms with E-state index in [1.165, 1.54) is 19.4 Å². The minimum absolute atomic E-state index is 0.171. The number of benzene rings is 1. The fourth-order valence-corrected chi connectivity index (χ4v) is 4.19. The molecule has 0 fully saturated rings. The Hall–Kier alpha value is -2.64. The maximum absolute atomic E-state index is 12.1. The molecule has 1 aliphatic heterocycles. The summed E-state index contributed by atoms with van der Waals surface area (Å²) in [5.41, 5.74) is 3.20. The Balaban J connectivity index is 2.32. The SMILES string of the molecule is C=CCc1cc(C)cc(C2=C(OC)C=C3C(=O)OC=C3C2)c1S(=O)(=O)O. The first-order valence-corrected chi connectivity index (χ1v) is 9.31. The number of hydrogen-bond acceptors (Lipinski definition) is 5. The zero-order chi connectivity index (χ0) is 19.1. The highest BCUT2D eigenvalue weighted by Crippen LogP contribution is 2.41. The fraction of sp³-hybridized carbons (Fsp3) is 0.211. The third kappa shape index (κ3) is 3.11. The van der Waals surface area contributed by atoms with Gasteiger partial charge in [0.1, 0.15) is 10.7 Å². The van der Waals surface area contributed by atoms with E-state index in [1.807, 2.05) is 6.92 Å². The summed E-state index contributed by atoms with van der Waals surface area (Å²) in [6.07, 6.45) is 4.99. The number of cyclic esters (lactones) is 1. The van der Waals surface area contributed by atoms with Crippen molar-refractivity contribution in [3.05, 3.63) is 70.7 Å². The summed E-state index contributed by atoms with van der Waals surface area (Å²) in [7, 11) is -3.05. The summed E-state index contributed by atoms with van der Waals surface area (Å²) in [5, 5.41) is 0. The highest BCUT2D eigenvalue weighted by molar-refractivity contribution is 7.86. The van der Waals surface area contributed by atoms with Gasteiger partial charge in [-0.15, -0.1) is 6.58 Å². The Morgan fingerprint density at radius 2 is 2.12 bits per heavy atom. The molecule has 7 heteroatoms. The maximum Gasteiger partial charge on any atom is 0.343 e. The molecule has 6 nitrogen and oxygen atoms in total. The van der Waals surface area contributed by atoms with Crippen LogP contribution in [0, 0.1) is 6.92 Å². The van der Waals surface area contributed by atoms with E-state index >= 15 is 0 Å². The van der Waals surface area contributed by atoms with Gasteiger partial charge in [0.25, 0.3) is 10.1 Å². The standard InChI is InChI=1S/C19H18O6S/c1-4-5-12-6-11(2)7-16(18(12)26(21,22)23)15-8-13-10-25-19(20)14(13)9-17(15)24-3/h4,6-7,9-10H,1,5,8H2,2-3H3,(H,21,22,23). The third-order valence-corrected chi connectivity index (χ3v) is 5.29. The predicted molar refractivity (Wildman–Crippen MR) is 95.7 cm³/mol. The van der Waals surface area contributed by atoms with Crippen molar-refractivity contribution in [2.45, 2.75) is 24.7 Å². The first-order valence-electron chi connectivity index (χ1n) is 7.87. The number of carbonyl (C=O) groups excluding carboxylic acids is 1. The van der Waals surface area contributed by atoms with Crippen LogP contribution in [-0.4, -0.2) is 26.0 Å². The lowest BCUT2D eigenvalue weighted by atomic mass is 9.87. The smallest absolute Gasteiger partial charge is 0.343 e. The Bertz CT molecular complexity index is 1010. The van der Waals surface area contributed by atoms with Gasteiger partial charge in [0.05, 0.1) is 18.9 Å². The van der Waals surface area contributed by atoms with Gasteiger partial charge in [-0.2, -0.15) is 8.42 Å². The van der Waals surface area contributed by atoms with Crippen molar-refractivity contribution in [2.75, 3.05) is 7.11 Å². The van der Waals surface area contributed by atoms with Crippen molar-refractivity contribution in [3.63, 3.8) is 0 Å². The van der Waals surface area contributed by atoms with Crippen molar-refractivity contribution in [1.29, 1.82) is 0 Å². The Morgan fingerprint density at radius 1 is 1.38 bits per heavy atom. The van der Waals surface area contributed by atoms with E-state index in [2.05, 4.69) is 6.58 Å². The second kappa shape index (κ2) is 6.59. The highest BCUT2D eigenvalue weighted by Gasteiger charge is 2.32. The van der Waals surface area contributed by atoms with Gasteiger partial charge in [0, 0.05) is 23.1 Å². The molecule has 0 amide bonds. The fourth-order valence-electron chi connectivity index (χ4n) is 3.26. The summed E-state index contributed by atoms with van der Waals surface area (Å²) in [4.78, 5) is 11.6. The van der Waals surface area contributed by atoms with Crippen LogP contribution in [0.5, 0.6) is 0 Å². The second-order valence-electron chi connectivity index (χ2n) is 6.10. The van der Waals surface area contributed by atoms with Crippen LogP contribution in [0.4, 0.5) is 0 Å². The second-order valence-corrected chi connectivity index (χ2v) is 7.46. The molecule has 1 heterocycles. The van der Waals surface area contributed by atoms with Crippen LogP contribution in [-0.2, 0) is 30.8 Å². The maximum atomic E-state index is 12.1. The number of hydrogen-bond donors (Lipinski definition) is 1. The lowest BCUT2D eigenvalue weighted by molar-refractivity contribution is -0.132. The molecule has 1 aromatic carbocycles. The molecule has 136 valence electrons. The monoisotopic (exact) mass is 374 g/mol. The number of carbonyl (C=O) groups is 1. The van der Waals surface area contributed by atoms with E-state index in [0.717, 1.165) is 5.56 Å². The number of ether oxygens (including phenoxy) is 2. The minimum Gasteiger partial charge on any atom is -0.496 e. The largest absolute Gasteiger partial charge is 0.496 e. The summed E-state index contributed by atoms with van der Waals surface area (Å²) < 4.78 is 44.4. The number of esters is 1. The van der Waals surface area contributed by atoms with Crippen LogP contribution < -0.4 is 0 Å². The summed E-state index contributed by atoms with van der Waals surface area (Å²) >= 11 is 0. The molecule has 0 spiro atoms. The summed E-state index contributed by atoms with van der Waals surface area (Å²) in [6, 6.07) is 3.38. The lowest BCUT2D eigenvalue weighted by Gasteiger charge is -2.21. The molecule has 0 unspecified atom stereocenters. The van der Waals surface area contributed by atoms with Crippen molar-refractivity contribution in [1.82, 2.24) is 0 Å². The molecule has 3 rings (SSSR count). The first-order chi connectivity index (χ1) is 12.3. The van der Waals surface area contributed by atoms with Crippen LogP contribution in [0.1, 0.15) is 23.1 Å². The molecule has 1 N–H and O–H groups in total. The molecule has 26 heavy (non-hydrogen) atoms. The molecular weight excluding hydrogens is 356 g/mol. The van der Waals surface area contributed by atoms with Gasteiger partial charge in [-0.05, 0) is 25.0 Å². The molecule has 0 saturated carbocycles. The van der Waals surface area contributed by atoms with E-state index in [-0.39, 0.29) is 17.7 Å².